The van der Waals surface area contributed by atoms with Crippen molar-refractivity contribution in [3.8, 4) is 0 Å². The van der Waals surface area contributed by atoms with Crippen molar-refractivity contribution in [3.05, 3.63) is 0 Å². The van der Waals surface area contributed by atoms with E-state index < -0.39 is 0 Å². The molecule has 1 amide bonds. The highest BCUT2D eigenvalue weighted by molar-refractivity contribution is 5.85. The number of hydrogen-bond acceptors (Lipinski definition) is 2. The molecule has 0 saturated heterocycles. The maximum Gasteiger partial charge on any atom is 0.240 e. The molecule has 3 aliphatic rings. The van der Waals surface area contributed by atoms with E-state index in [9.17, 15) is 4.79 Å². The van der Waals surface area contributed by atoms with Crippen LogP contribution in [0.15, 0.2) is 0 Å². The molecule has 0 radical (unpaired) electrons. The largest absolute Gasteiger partial charge is 0.294 e. The van der Waals surface area contributed by atoms with E-state index in [-0.39, 0.29) is 16.7 Å². The first-order valence-corrected chi connectivity index (χ1v) is 4.56. The van der Waals surface area contributed by atoms with Crippen LogP contribution in [0.25, 0.3) is 0 Å². The number of rotatable bonds is 1. The first-order chi connectivity index (χ1) is 5.54. The van der Waals surface area contributed by atoms with E-state index in [1.807, 2.05) is 0 Å². The Labute approximate surface area is 72.7 Å². The van der Waals surface area contributed by atoms with Crippen molar-refractivity contribution in [3.63, 3.8) is 0 Å². The van der Waals surface area contributed by atoms with Gasteiger partial charge in [-0.3, -0.25) is 10.2 Å². The van der Waals surface area contributed by atoms with E-state index in [0.29, 0.717) is 0 Å². The van der Waals surface area contributed by atoms with E-state index >= 15 is 0 Å². The Hall–Kier alpha value is -0.570. The Morgan fingerprint density at radius 1 is 1.58 bits per heavy atom. The first kappa shape index (κ1) is 8.05. The Morgan fingerprint density at radius 3 is 2.58 bits per heavy atom. The minimum Gasteiger partial charge on any atom is -0.294 e. The third kappa shape index (κ3) is 0.600. The van der Waals surface area contributed by atoms with Gasteiger partial charge in [-0.2, -0.15) is 0 Å². The number of amides is 1. The van der Waals surface area contributed by atoms with Gasteiger partial charge in [0, 0.05) is 0 Å². The maximum atomic E-state index is 11.6. The van der Waals surface area contributed by atoms with Crippen molar-refractivity contribution in [2.24, 2.45) is 22.6 Å². The Balaban J connectivity index is 2.29. The molecule has 0 unspecified atom stereocenters. The standard InChI is InChI=1S/C9H16N2O/c1-8(2)6-3-4-9(8,5-6)7(12)11-10/h6H,3-5,10H2,1-2H3,(H,11,12)/t6-,9-/m0/s1. The van der Waals surface area contributed by atoms with E-state index in [2.05, 4.69) is 19.3 Å². The SMILES string of the molecule is CC1(C)[C@H]2CC[C@@]1(C(=O)NN)C2. The summed E-state index contributed by atoms with van der Waals surface area (Å²) in [6, 6.07) is 0. The van der Waals surface area contributed by atoms with Gasteiger partial charge in [0.05, 0.1) is 5.41 Å². The van der Waals surface area contributed by atoms with Gasteiger partial charge in [0.25, 0.3) is 0 Å². The molecule has 0 aromatic rings. The molecule has 3 N–H and O–H groups in total. The molecule has 3 rings (SSSR count). The molecule has 2 bridgehead atoms. The third-order valence-corrected chi connectivity index (χ3v) is 4.33. The summed E-state index contributed by atoms with van der Waals surface area (Å²) >= 11 is 0. The van der Waals surface area contributed by atoms with Crippen LogP contribution >= 0.6 is 0 Å². The van der Waals surface area contributed by atoms with Crippen LogP contribution in [0.4, 0.5) is 0 Å². The average Bonchev–Trinajstić information content (AvgIpc) is 2.58. The molecule has 0 spiro atoms. The van der Waals surface area contributed by atoms with Crippen molar-refractivity contribution < 1.29 is 4.79 Å². The molecule has 3 aliphatic carbocycles. The summed E-state index contributed by atoms with van der Waals surface area (Å²) in [5, 5.41) is 0. The first-order valence-electron chi connectivity index (χ1n) is 4.56. The zero-order valence-corrected chi connectivity index (χ0v) is 7.68. The quantitative estimate of drug-likeness (QED) is 0.346. The second-order valence-electron chi connectivity index (χ2n) is 4.72. The molecule has 2 atom stereocenters. The number of nitrogens with two attached hydrogens (primary N) is 1. The lowest BCUT2D eigenvalue weighted by molar-refractivity contribution is -0.151. The topological polar surface area (TPSA) is 55.1 Å². The normalized spacial score (nSPS) is 42.1. The molecule has 0 aromatic heterocycles. The van der Waals surface area contributed by atoms with Crippen LogP contribution < -0.4 is 11.3 Å². The number of hydrogen-bond donors (Lipinski definition) is 2. The van der Waals surface area contributed by atoms with E-state index in [4.69, 9.17) is 5.84 Å². The van der Waals surface area contributed by atoms with Crippen LogP contribution in [0.1, 0.15) is 33.1 Å². The molecule has 12 heavy (non-hydrogen) atoms. The monoisotopic (exact) mass is 168 g/mol. The van der Waals surface area contributed by atoms with Crippen molar-refractivity contribution in [1.82, 2.24) is 5.43 Å². The zero-order valence-electron chi connectivity index (χ0n) is 7.68. The summed E-state index contributed by atoms with van der Waals surface area (Å²) in [4.78, 5) is 11.6. The van der Waals surface area contributed by atoms with Gasteiger partial charge in [0.2, 0.25) is 5.91 Å². The van der Waals surface area contributed by atoms with Crippen LogP contribution in [-0.4, -0.2) is 5.91 Å². The van der Waals surface area contributed by atoms with Gasteiger partial charge in [-0.15, -0.1) is 0 Å². The van der Waals surface area contributed by atoms with E-state index in [1.54, 1.807) is 0 Å². The molecule has 0 aromatic carbocycles. The number of hydrazine groups is 1. The lowest BCUT2D eigenvalue weighted by atomic mass is 9.50. The van der Waals surface area contributed by atoms with E-state index in [0.717, 1.165) is 18.8 Å². The highest BCUT2D eigenvalue weighted by Crippen LogP contribution is 2.70. The summed E-state index contributed by atoms with van der Waals surface area (Å²) < 4.78 is 0. The molecular weight excluding hydrogens is 152 g/mol. The Kier molecular flexibility index (Phi) is 1.35. The molecular formula is C9H16N2O. The van der Waals surface area contributed by atoms with Crippen LogP contribution in [0.3, 0.4) is 0 Å². The van der Waals surface area contributed by atoms with Gasteiger partial charge in [-0.1, -0.05) is 13.8 Å². The van der Waals surface area contributed by atoms with Gasteiger partial charge in [-0.05, 0) is 30.6 Å². The van der Waals surface area contributed by atoms with Crippen LogP contribution in [0.5, 0.6) is 0 Å². The van der Waals surface area contributed by atoms with Crippen molar-refractivity contribution in [1.29, 1.82) is 0 Å². The number of fused-ring (bicyclic) bond motifs is 1. The zero-order chi connectivity index (χ0) is 8.98. The summed E-state index contributed by atoms with van der Waals surface area (Å²) in [6.45, 7) is 4.37. The highest BCUT2D eigenvalue weighted by Gasteiger charge is 2.68. The summed E-state index contributed by atoms with van der Waals surface area (Å²) in [7, 11) is 0. The maximum absolute atomic E-state index is 11.6. The van der Waals surface area contributed by atoms with Gasteiger partial charge in [-0.25, -0.2) is 5.84 Å². The summed E-state index contributed by atoms with van der Waals surface area (Å²) in [5.74, 6) is 5.97. The molecule has 3 heteroatoms. The van der Waals surface area contributed by atoms with E-state index in [1.165, 1.54) is 6.42 Å². The Morgan fingerprint density at radius 2 is 2.25 bits per heavy atom. The molecule has 3 nitrogen and oxygen atoms in total. The van der Waals surface area contributed by atoms with Crippen molar-refractivity contribution in [2.45, 2.75) is 33.1 Å². The lowest BCUT2D eigenvalue weighted by Crippen LogP contribution is -2.58. The number of nitrogens with one attached hydrogen (secondary N) is 1. The van der Waals surface area contributed by atoms with Crippen LogP contribution in [0, 0.1) is 16.7 Å². The fraction of sp³-hybridized carbons (Fsp3) is 0.889. The van der Waals surface area contributed by atoms with Gasteiger partial charge in [0.1, 0.15) is 0 Å². The molecule has 0 heterocycles. The minimum atomic E-state index is -0.133. The molecule has 68 valence electrons. The summed E-state index contributed by atoms with van der Waals surface area (Å²) in [6.07, 6.45) is 3.26. The highest BCUT2D eigenvalue weighted by atomic mass is 16.2. The third-order valence-electron chi connectivity index (χ3n) is 4.33. The second kappa shape index (κ2) is 2.02. The Bertz CT molecular complexity index is 233. The lowest BCUT2D eigenvalue weighted by Gasteiger charge is -2.53. The van der Waals surface area contributed by atoms with Crippen LogP contribution in [-0.2, 0) is 4.79 Å². The van der Waals surface area contributed by atoms with Crippen LogP contribution in [0.2, 0.25) is 0 Å². The van der Waals surface area contributed by atoms with Crippen molar-refractivity contribution >= 4 is 5.91 Å². The number of carbonyl (C=O) groups is 1. The minimum absolute atomic E-state index is 0.0428. The smallest absolute Gasteiger partial charge is 0.240 e. The molecule has 0 aliphatic heterocycles. The van der Waals surface area contributed by atoms with Gasteiger partial charge in [0.15, 0.2) is 0 Å². The second-order valence-corrected chi connectivity index (χ2v) is 4.72. The summed E-state index contributed by atoms with van der Waals surface area (Å²) in [5.41, 5.74) is 2.35. The average molecular weight is 168 g/mol. The predicted molar refractivity (Wildman–Crippen MR) is 45.9 cm³/mol. The number of carbonyl (C=O) groups excluding carboxylic acids is 1. The molecule has 3 saturated carbocycles. The fourth-order valence-corrected chi connectivity index (χ4v) is 3.14. The molecule has 3 fully saturated rings. The predicted octanol–water partition coefficient (Wildman–Crippen LogP) is 0.803. The van der Waals surface area contributed by atoms with Gasteiger partial charge < -0.3 is 0 Å². The fourth-order valence-electron chi connectivity index (χ4n) is 3.14. The van der Waals surface area contributed by atoms with Gasteiger partial charge >= 0.3 is 0 Å². The van der Waals surface area contributed by atoms with Crippen molar-refractivity contribution in [2.75, 3.05) is 0 Å².